The van der Waals surface area contributed by atoms with Gasteiger partial charge >= 0.3 is 0 Å². The van der Waals surface area contributed by atoms with Crippen molar-refractivity contribution >= 4 is 5.69 Å². The van der Waals surface area contributed by atoms with E-state index in [9.17, 15) is 4.39 Å². The molecular weight excluding hydrogens is 239 g/mol. The van der Waals surface area contributed by atoms with Gasteiger partial charge in [0, 0.05) is 19.6 Å². The van der Waals surface area contributed by atoms with Crippen LogP contribution in [-0.4, -0.2) is 7.05 Å². The highest BCUT2D eigenvalue weighted by Crippen LogP contribution is 2.23. The molecule has 0 aliphatic heterocycles. The van der Waals surface area contributed by atoms with Crippen LogP contribution in [0.5, 0.6) is 0 Å². The molecule has 0 spiro atoms. The summed E-state index contributed by atoms with van der Waals surface area (Å²) in [5, 5.41) is 0. The van der Waals surface area contributed by atoms with Crippen LogP contribution in [0.25, 0.3) is 0 Å². The van der Waals surface area contributed by atoms with Crippen LogP contribution in [0.3, 0.4) is 0 Å². The van der Waals surface area contributed by atoms with Gasteiger partial charge in [0.1, 0.15) is 5.82 Å². The lowest BCUT2D eigenvalue weighted by atomic mass is 10.1. The Morgan fingerprint density at radius 2 is 1.84 bits per heavy atom. The molecule has 3 heteroatoms. The maximum Gasteiger partial charge on any atom is 0.146 e. The lowest BCUT2D eigenvalue weighted by Crippen LogP contribution is -2.18. The Morgan fingerprint density at radius 1 is 1.16 bits per heavy atom. The Labute approximate surface area is 113 Å². The Bertz CT molecular complexity index is 538. The molecule has 2 rings (SSSR count). The van der Waals surface area contributed by atoms with Crippen LogP contribution in [0.4, 0.5) is 10.1 Å². The van der Waals surface area contributed by atoms with Crippen LogP contribution >= 0.6 is 0 Å². The highest BCUT2D eigenvalue weighted by atomic mass is 19.1. The van der Waals surface area contributed by atoms with Gasteiger partial charge in [-0.2, -0.15) is 0 Å². The van der Waals surface area contributed by atoms with Gasteiger partial charge < -0.3 is 10.6 Å². The Balaban J connectivity index is 2.17. The number of hydrogen-bond donors (Lipinski definition) is 1. The van der Waals surface area contributed by atoms with E-state index in [1.165, 1.54) is 6.07 Å². The number of benzene rings is 2. The molecule has 0 bridgehead atoms. The summed E-state index contributed by atoms with van der Waals surface area (Å²) < 4.78 is 14.1. The summed E-state index contributed by atoms with van der Waals surface area (Å²) in [6.45, 7) is 2.53. The molecular formula is C16H19FN2. The van der Waals surface area contributed by atoms with Crippen molar-refractivity contribution in [3.8, 4) is 0 Å². The summed E-state index contributed by atoms with van der Waals surface area (Å²) in [4.78, 5) is 1.90. The molecule has 1 atom stereocenters. The van der Waals surface area contributed by atoms with Crippen molar-refractivity contribution in [2.45, 2.75) is 19.5 Å². The van der Waals surface area contributed by atoms with Gasteiger partial charge in [0.25, 0.3) is 0 Å². The molecule has 0 saturated heterocycles. The van der Waals surface area contributed by atoms with Gasteiger partial charge in [-0.25, -0.2) is 4.39 Å². The molecule has 0 aliphatic rings. The largest absolute Gasteiger partial charge is 0.368 e. The van der Waals surface area contributed by atoms with Gasteiger partial charge in [0.05, 0.1) is 5.69 Å². The fourth-order valence-corrected chi connectivity index (χ4v) is 2.06. The zero-order valence-corrected chi connectivity index (χ0v) is 11.3. The van der Waals surface area contributed by atoms with Crippen molar-refractivity contribution in [3.05, 3.63) is 65.5 Å². The van der Waals surface area contributed by atoms with Crippen LogP contribution in [0.2, 0.25) is 0 Å². The summed E-state index contributed by atoms with van der Waals surface area (Å²) in [7, 11) is 1.89. The molecule has 0 aliphatic carbocycles. The van der Waals surface area contributed by atoms with Crippen LogP contribution < -0.4 is 10.6 Å². The summed E-state index contributed by atoms with van der Waals surface area (Å²) in [5.74, 6) is -0.228. The molecule has 0 heterocycles. The first-order chi connectivity index (χ1) is 9.08. The summed E-state index contributed by atoms with van der Waals surface area (Å²) in [6, 6.07) is 15.0. The minimum atomic E-state index is -0.228. The van der Waals surface area contributed by atoms with Gasteiger partial charge in [-0.15, -0.1) is 0 Å². The standard InChI is InChI=1S/C16H19FN2/c1-12(18)14-8-9-16(15(17)10-14)19(2)11-13-6-4-3-5-7-13/h3-10,12H,11,18H2,1-2H3/t12-/m0/s1. The third-order valence-electron chi connectivity index (χ3n) is 3.17. The zero-order valence-electron chi connectivity index (χ0n) is 11.3. The Kier molecular flexibility index (Phi) is 4.17. The third-order valence-corrected chi connectivity index (χ3v) is 3.17. The van der Waals surface area contributed by atoms with Crippen LogP contribution in [0.1, 0.15) is 24.1 Å². The van der Waals surface area contributed by atoms with Crippen molar-refractivity contribution < 1.29 is 4.39 Å². The van der Waals surface area contributed by atoms with Gasteiger partial charge in [-0.1, -0.05) is 36.4 Å². The highest BCUT2D eigenvalue weighted by molar-refractivity contribution is 5.49. The van der Waals surface area contributed by atoms with E-state index >= 15 is 0 Å². The zero-order chi connectivity index (χ0) is 13.8. The molecule has 2 aromatic rings. The number of halogens is 1. The number of rotatable bonds is 4. The normalized spacial score (nSPS) is 12.2. The summed E-state index contributed by atoms with van der Waals surface area (Å²) in [5.41, 5.74) is 8.31. The topological polar surface area (TPSA) is 29.3 Å². The first kappa shape index (κ1) is 13.6. The SMILES string of the molecule is C[C@H](N)c1ccc(N(C)Cc2ccccc2)c(F)c1. The number of anilines is 1. The fourth-order valence-electron chi connectivity index (χ4n) is 2.06. The molecule has 0 amide bonds. The van der Waals surface area contributed by atoms with Gasteiger partial charge in [0.2, 0.25) is 0 Å². The third kappa shape index (κ3) is 3.32. The number of hydrogen-bond acceptors (Lipinski definition) is 2. The minimum absolute atomic E-state index is 0.150. The molecule has 2 nitrogen and oxygen atoms in total. The molecule has 0 aromatic heterocycles. The Hall–Kier alpha value is -1.87. The van der Waals surface area contributed by atoms with Crippen molar-refractivity contribution in [2.75, 3.05) is 11.9 Å². The van der Waals surface area contributed by atoms with Crippen molar-refractivity contribution in [1.82, 2.24) is 0 Å². The first-order valence-electron chi connectivity index (χ1n) is 6.38. The number of nitrogens with two attached hydrogens (primary N) is 1. The lowest BCUT2D eigenvalue weighted by molar-refractivity contribution is 0.617. The van der Waals surface area contributed by atoms with Crippen LogP contribution in [0, 0.1) is 5.82 Å². The molecule has 0 unspecified atom stereocenters. The maximum absolute atomic E-state index is 14.1. The average molecular weight is 258 g/mol. The van der Waals surface area contributed by atoms with E-state index in [0.29, 0.717) is 12.2 Å². The second-order valence-electron chi connectivity index (χ2n) is 4.84. The van der Waals surface area contributed by atoms with E-state index < -0.39 is 0 Å². The predicted octanol–water partition coefficient (Wildman–Crippen LogP) is 3.48. The maximum atomic E-state index is 14.1. The molecule has 2 aromatic carbocycles. The van der Waals surface area contributed by atoms with Gasteiger partial charge in [0.15, 0.2) is 0 Å². The molecule has 0 saturated carbocycles. The van der Waals surface area contributed by atoms with E-state index in [1.54, 1.807) is 6.07 Å². The summed E-state index contributed by atoms with van der Waals surface area (Å²) in [6.07, 6.45) is 0. The van der Waals surface area contributed by atoms with Gasteiger partial charge in [-0.05, 0) is 30.2 Å². The van der Waals surface area contributed by atoms with Crippen LogP contribution in [0.15, 0.2) is 48.5 Å². The van der Waals surface area contributed by atoms with E-state index in [1.807, 2.05) is 55.3 Å². The van der Waals surface area contributed by atoms with E-state index in [-0.39, 0.29) is 11.9 Å². The molecule has 19 heavy (non-hydrogen) atoms. The Morgan fingerprint density at radius 3 is 2.42 bits per heavy atom. The number of nitrogens with zero attached hydrogens (tertiary/aromatic N) is 1. The fraction of sp³-hybridized carbons (Fsp3) is 0.250. The van der Waals surface area contributed by atoms with E-state index in [0.717, 1.165) is 11.1 Å². The summed E-state index contributed by atoms with van der Waals surface area (Å²) >= 11 is 0. The monoisotopic (exact) mass is 258 g/mol. The second kappa shape index (κ2) is 5.85. The van der Waals surface area contributed by atoms with Crippen molar-refractivity contribution in [3.63, 3.8) is 0 Å². The molecule has 100 valence electrons. The van der Waals surface area contributed by atoms with Crippen molar-refractivity contribution in [2.24, 2.45) is 5.73 Å². The predicted molar refractivity (Wildman–Crippen MR) is 77.6 cm³/mol. The average Bonchev–Trinajstić information content (AvgIpc) is 2.39. The van der Waals surface area contributed by atoms with Crippen molar-refractivity contribution in [1.29, 1.82) is 0 Å². The molecule has 2 N–H and O–H groups in total. The smallest absolute Gasteiger partial charge is 0.146 e. The van der Waals surface area contributed by atoms with Gasteiger partial charge in [-0.3, -0.25) is 0 Å². The van der Waals surface area contributed by atoms with Crippen LogP contribution in [-0.2, 0) is 6.54 Å². The lowest BCUT2D eigenvalue weighted by Gasteiger charge is -2.21. The van der Waals surface area contributed by atoms with E-state index in [2.05, 4.69) is 0 Å². The van der Waals surface area contributed by atoms with E-state index in [4.69, 9.17) is 5.73 Å². The quantitative estimate of drug-likeness (QED) is 0.909. The first-order valence-corrected chi connectivity index (χ1v) is 6.38. The molecule has 0 radical (unpaired) electrons. The second-order valence-corrected chi connectivity index (χ2v) is 4.84. The highest BCUT2D eigenvalue weighted by Gasteiger charge is 2.10. The molecule has 0 fully saturated rings. The minimum Gasteiger partial charge on any atom is -0.368 e.